The largest absolute Gasteiger partial charge is 0.492 e. The number of rotatable bonds is 10. The summed E-state index contributed by atoms with van der Waals surface area (Å²) in [5.41, 5.74) is 4.43. The van der Waals surface area contributed by atoms with Gasteiger partial charge in [-0.05, 0) is 48.2 Å². The molecule has 0 atom stereocenters. The molecule has 0 aliphatic rings. The summed E-state index contributed by atoms with van der Waals surface area (Å²) in [4.78, 5) is 17.1. The fraction of sp³-hybridized carbons (Fsp3) is 0.259. The average molecular weight is 428 g/mol. The van der Waals surface area contributed by atoms with Crippen LogP contribution in [0.3, 0.4) is 0 Å². The van der Waals surface area contributed by atoms with E-state index in [9.17, 15) is 4.79 Å². The van der Waals surface area contributed by atoms with E-state index >= 15 is 0 Å². The lowest BCUT2D eigenvalue weighted by atomic mass is 10.1. The first-order valence-electron chi connectivity index (χ1n) is 11.2. The minimum atomic E-state index is 0.0275. The molecule has 0 aliphatic heterocycles. The van der Waals surface area contributed by atoms with Crippen molar-refractivity contribution in [2.75, 3.05) is 6.61 Å². The third-order valence-corrected chi connectivity index (χ3v) is 5.58. The van der Waals surface area contributed by atoms with E-state index in [-0.39, 0.29) is 5.91 Å². The van der Waals surface area contributed by atoms with Gasteiger partial charge in [-0.15, -0.1) is 0 Å². The predicted molar refractivity (Wildman–Crippen MR) is 128 cm³/mol. The zero-order valence-corrected chi connectivity index (χ0v) is 18.5. The standard InChI is InChI=1S/C27H29N3O2/c1-2-21-12-15-23(16-13-21)32-19-18-30-25-11-7-6-10-24(25)29-26(30)20-28-27(31)17-14-22-8-4-3-5-9-22/h3-13,15-16H,2,14,17-20H2,1H3,(H,28,31). The molecule has 4 rings (SSSR count). The van der Waals surface area contributed by atoms with E-state index in [2.05, 4.69) is 35.0 Å². The zero-order chi connectivity index (χ0) is 22.2. The Kier molecular flexibility index (Phi) is 7.18. The van der Waals surface area contributed by atoms with Gasteiger partial charge < -0.3 is 14.6 Å². The number of hydrogen-bond acceptors (Lipinski definition) is 3. The molecule has 3 aromatic carbocycles. The van der Waals surface area contributed by atoms with Gasteiger partial charge in [-0.2, -0.15) is 0 Å². The van der Waals surface area contributed by atoms with Gasteiger partial charge in [0.1, 0.15) is 18.2 Å². The second-order valence-electron chi connectivity index (χ2n) is 7.78. The highest BCUT2D eigenvalue weighted by Crippen LogP contribution is 2.17. The summed E-state index contributed by atoms with van der Waals surface area (Å²) >= 11 is 0. The smallest absolute Gasteiger partial charge is 0.220 e. The van der Waals surface area contributed by atoms with Gasteiger partial charge in [0.2, 0.25) is 5.91 Å². The third kappa shape index (κ3) is 5.55. The average Bonchev–Trinajstić information content (AvgIpc) is 3.20. The molecule has 0 unspecified atom stereocenters. The molecule has 0 aliphatic carbocycles. The maximum atomic E-state index is 12.4. The Hall–Kier alpha value is -3.60. The maximum Gasteiger partial charge on any atom is 0.220 e. The van der Waals surface area contributed by atoms with E-state index in [4.69, 9.17) is 9.72 Å². The number of ether oxygens (including phenoxy) is 1. The van der Waals surface area contributed by atoms with E-state index in [1.807, 2.05) is 60.7 Å². The van der Waals surface area contributed by atoms with Crippen LogP contribution >= 0.6 is 0 Å². The Labute approximate surface area is 189 Å². The topological polar surface area (TPSA) is 56.1 Å². The second kappa shape index (κ2) is 10.6. The highest BCUT2D eigenvalue weighted by molar-refractivity contribution is 5.77. The first kappa shape index (κ1) is 21.6. The number of aromatic nitrogens is 2. The molecular formula is C27H29N3O2. The number of para-hydroxylation sites is 2. The van der Waals surface area contributed by atoms with Crippen LogP contribution in [0.5, 0.6) is 5.75 Å². The minimum Gasteiger partial charge on any atom is -0.492 e. The molecule has 0 spiro atoms. The van der Waals surface area contributed by atoms with Gasteiger partial charge in [-0.25, -0.2) is 4.98 Å². The molecule has 0 bridgehead atoms. The fourth-order valence-electron chi connectivity index (χ4n) is 3.75. The summed E-state index contributed by atoms with van der Waals surface area (Å²) < 4.78 is 8.09. The van der Waals surface area contributed by atoms with E-state index in [1.165, 1.54) is 11.1 Å². The third-order valence-electron chi connectivity index (χ3n) is 5.58. The normalized spacial score (nSPS) is 10.9. The molecule has 4 aromatic rings. The van der Waals surface area contributed by atoms with Crippen molar-refractivity contribution in [2.45, 2.75) is 39.3 Å². The van der Waals surface area contributed by atoms with Crippen molar-refractivity contribution in [3.63, 3.8) is 0 Å². The van der Waals surface area contributed by atoms with Gasteiger partial charge >= 0.3 is 0 Å². The Morgan fingerprint density at radius 2 is 1.69 bits per heavy atom. The summed E-state index contributed by atoms with van der Waals surface area (Å²) in [6.07, 6.45) is 2.20. The van der Waals surface area contributed by atoms with Crippen LogP contribution in [0.2, 0.25) is 0 Å². The maximum absolute atomic E-state index is 12.4. The molecule has 1 N–H and O–H groups in total. The molecule has 1 amide bonds. The number of carbonyl (C=O) groups is 1. The number of aryl methyl sites for hydroxylation is 2. The number of amides is 1. The number of carbonyl (C=O) groups excluding carboxylic acids is 1. The SMILES string of the molecule is CCc1ccc(OCCn2c(CNC(=O)CCc3ccccc3)nc3ccccc32)cc1. The van der Waals surface area contributed by atoms with Crippen LogP contribution < -0.4 is 10.1 Å². The van der Waals surface area contributed by atoms with Crippen LogP contribution in [0.15, 0.2) is 78.9 Å². The summed E-state index contributed by atoms with van der Waals surface area (Å²) in [7, 11) is 0. The first-order chi connectivity index (χ1) is 15.7. The van der Waals surface area contributed by atoms with E-state index in [1.54, 1.807) is 0 Å². The molecule has 1 aromatic heterocycles. The summed E-state index contributed by atoms with van der Waals surface area (Å²) in [6, 6.07) is 26.3. The number of nitrogens with one attached hydrogen (secondary N) is 1. The number of fused-ring (bicyclic) bond motifs is 1. The Balaban J connectivity index is 1.37. The molecule has 1 heterocycles. The van der Waals surface area contributed by atoms with Crippen LogP contribution in [-0.2, 0) is 30.7 Å². The molecule has 0 fully saturated rings. The lowest BCUT2D eigenvalue weighted by Gasteiger charge is -2.12. The van der Waals surface area contributed by atoms with Crippen LogP contribution in [0.4, 0.5) is 0 Å². The Morgan fingerprint density at radius 1 is 0.938 bits per heavy atom. The van der Waals surface area contributed by atoms with Crippen molar-refractivity contribution in [3.05, 3.63) is 95.8 Å². The predicted octanol–water partition coefficient (Wildman–Crippen LogP) is 4.93. The molecule has 0 saturated carbocycles. The van der Waals surface area contributed by atoms with Gasteiger partial charge in [0.25, 0.3) is 0 Å². The van der Waals surface area contributed by atoms with Crippen molar-refractivity contribution in [2.24, 2.45) is 0 Å². The quantitative estimate of drug-likeness (QED) is 0.391. The molecule has 32 heavy (non-hydrogen) atoms. The van der Waals surface area contributed by atoms with Gasteiger partial charge in [0.15, 0.2) is 0 Å². The van der Waals surface area contributed by atoms with Crippen molar-refractivity contribution in [1.82, 2.24) is 14.9 Å². The highest BCUT2D eigenvalue weighted by atomic mass is 16.5. The Bertz CT molecular complexity index is 1150. The lowest BCUT2D eigenvalue weighted by Crippen LogP contribution is -2.25. The first-order valence-corrected chi connectivity index (χ1v) is 11.2. The van der Waals surface area contributed by atoms with E-state index < -0.39 is 0 Å². The van der Waals surface area contributed by atoms with E-state index in [0.29, 0.717) is 26.1 Å². The summed E-state index contributed by atoms with van der Waals surface area (Å²) in [6.45, 7) is 3.72. The van der Waals surface area contributed by atoms with Crippen molar-refractivity contribution in [1.29, 1.82) is 0 Å². The number of benzene rings is 3. The van der Waals surface area contributed by atoms with Crippen LogP contribution in [-0.4, -0.2) is 22.1 Å². The summed E-state index contributed by atoms with van der Waals surface area (Å²) in [5.74, 6) is 1.73. The molecule has 5 nitrogen and oxygen atoms in total. The van der Waals surface area contributed by atoms with Crippen molar-refractivity contribution < 1.29 is 9.53 Å². The Morgan fingerprint density at radius 3 is 2.47 bits per heavy atom. The molecule has 164 valence electrons. The second-order valence-corrected chi connectivity index (χ2v) is 7.78. The molecule has 0 radical (unpaired) electrons. The van der Waals surface area contributed by atoms with Gasteiger partial charge in [-0.3, -0.25) is 4.79 Å². The molecular weight excluding hydrogens is 398 g/mol. The van der Waals surface area contributed by atoms with Crippen LogP contribution in [0.1, 0.15) is 30.3 Å². The van der Waals surface area contributed by atoms with Crippen molar-refractivity contribution in [3.8, 4) is 5.75 Å². The van der Waals surface area contributed by atoms with Crippen LogP contribution in [0.25, 0.3) is 11.0 Å². The van der Waals surface area contributed by atoms with Gasteiger partial charge in [-0.1, -0.05) is 61.5 Å². The fourth-order valence-corrected chi connectivity index (χ4v) is 3.75. The van der Waals surface area contributed by atoms with E-state index in [0.717, 1.165) is 35.4 Å². The lowest BCUT2D eigenvalue weighted by molar-refractivity contribution is -0.121. The molecule has 5 heteroatoms. The van der Waals surface area contributed by atoms with Crippen molar-refractivity contribution >= 4 is 16.9 Å². The summed E-state index contributed by atoms with van der Waals surface area (Å²) in [5, 5.41) is 3.03. The number of hydrogen-bond donors (Lipinski definition) is 1. The minimum absolute atomic E-state index is 0.0275. The monoisotopic (exact) mass is 427 g/mol. The number of imidazole rings is 1. The van der Waals surface area contributed by atoms with Gasteiger partial charge in [0.05, 0.1) is 24.1 Å². The van der Waals surface area contributed by atoms with Crippen LogP contribution in [0, 0.1) is 0 Å². The highest BCUT2D eigenvalue weighted by Gasteiger charge is 2.12. The van der Waals surface area contributed by atoms with Gasteiger partial charge in [0, 0.05) is 6.42 Å². The molecule has 0 saturated heterocycles. The number of nitrogens with zero attached hydrogens (tertiary/aromatic N) is 2. The zero-order valence-electron chi connectivity index (χ0n) is 18.5.